The first-order chi connectivity index (χ1) is 17.7. The van der Waals surface area contributed by atoms with Gasteiger partial charge in [-0.15, -0.1) is 6.58 Å². The minimum Gasteiger partial charge on any atom is -0.351 e. The van der Waals surface area contributed by atoms with Gasteiger partial charge in [-0.3, -0.25) is 14.6 Å². The lowest BCUT2D eigenvalue weighted by atomic mass is 9.87. The quantitative estimate of drug-likeness (QED) is 0.407. The topological polar surface area (TPSA) is 107 Å². The molecule has 2 aliphatic rings. The minimum absolute atomic E-state index is 0.127. The van der Waals surface area contributed by atoms with E-state index >= 15 is 0 Å². The molecule has 9 heteroatoms. The molecule has 1 fully saturated rings. The van der Waals surface area contributed by atoms with E-state index in [0.717, 1.165) is 41.0 Å². The van der Waals surface area contributed by atoms with E-state index in [2.05, 4.69) is 48.0 Å². The van der Waals surface area contributed by atoms with Crippen LogP contribution < -0.4 is 16.2 Å². The number of rotatable bonds is 5. The highest BCUT2D eigenvalue weighted by Crippen LogP contribution is 2.51. The Bertz CT molecular complexity index is 1640. The van der Waals surface area contributed by atoms with Crippen molar-refractivity contribution in [2.45, 2.75) is 57.5 Å². The Labute approximate surface area is 214 Å². The summed E-state index contributed by atoms with van der Waals surface area (Å²) in [6, 6.07) is 9.88. The zero-order valence-corrected chi connectivity index (χ0v) is 21.2. The van der Waals surface area contributed by atoms with E-state index in [-0.39, 0.29) is 22.3 Å². The second-order valence-corrected chi connectivity index (χ2v) is 10.8. The fourth-order valence-electron chi connectivity index (χ4n) is 5.10. The Hall–Kier alpha value is -4.27. The number of nitrogens with one attached hydrogen (secondary N) is 2. The number of allylic oxidation sites excluding steroid dienone is 1. The number of hydrogen-bond acceptors (Lipinski definition) is 6. The zero-order valence-electron chi connectivity index (χ0n) is 21.2. The molecular formula is C28H29N7O2. The molecule has 4 heterocycles. The number of carbonyl (C=O) groups excluding carboxylic acids is 1. The molecule has 1 saturated carbocycles. The highest BCUT2D eigenvalue weighted by molar-refractivity contribution is 5.93. The van der Waals surface area contributed by atoms with E-state index in [9.17, 15) is 9.59 Å². The third-order valence-electron chi connectivity index (χ3n) is 7.24. The number of fused-ring (bicyclic) bond motifs is 3. The van der Waals surface area contributed by atoms with Gasteiger partial charge in [0.1, 0.15) is 5.39 Å². The van der Waals surface area contributed by atoms with Crippen molar-refractivity contribution >= 4 is 28.6 Å². The highest BCUT2D eigenvalue weighted by Gasteiger charge is 2.53. The molecule has 0 unspecified atom stereocenters. The SMILES string of the molecule is C=CCn1c(=O)c2cnc(Nc3ccc4c(c3)CNC(=O)C43CC3)nc2n1-c1ccnc(C(C)(C)C)c1. The second-order valence-electron chi connectivity index (χ2n) is 10.8. The van der Waals surface area contributed by atoms with Crippen LogP contribution in [0.3, 0.4) is 0 Å². The summed E-state index contributed by atoms with van der Waals surface area (Å²) < 4.78 is 3.41. The summed E-state index contributed by atoms with van der Waals surface area (Å²) in [6.45, 7) is 11.0. The number of aromatic nitrogens is 5. The minimum atomic E-state index is -0.345. The number of benzene rings is 1. The van der Waals surface area contributed by atoms with E-state index in [4.69, 9.17) is 4.98 Å². The lowest BCUT2D eigenvalue weighted by Crippen LogP contribution is -2.39. The number of pyridine rings is 1. The fourth-order valence-corrected chi connectivity index (χ4v) is 5.10. The van der Waals surface area contributed by atoms with Crippen molar-refractivity contribution in [3.63, 3.8) is 0 Å². The van der Waals surface area contributed by atoms with Gasteiger partial charge in [-0.1, -0.05) is 32.9 Å². The Balaban J connectivity index is 1.43. The van der Waals surface area contributed by atoms with E-state index in [1.54, 1.807) is 23.2 Å². The van der Waals surface area contributed by atoms with Crippen molar-refractivity contribution in [3.05, 3.63) is 82.6 Å². The molecule has 9 nitrogen and oxygen atoms in total. The van der Waals surface area contributed by atoms with Crippen LogP contribution in [0.25, 0.3) is 16.7 Å². The fraction of sp³-hybridized carbons (Fsp3) is 0.321. The van der Waals surface area contributed by atoms with Crippen LogP contribution in [-0.2, 0) is 28.7 Å². The summed E-state index contributed by atoms with van der Waals surface area (Å²) in [7, 11) is 0. The molecule has 2 N–H and O–H groups in total. The van der Waals surface area contributed by atoms with Gasteiger partial charge in [0, 0.05) is 35.7 Å². The highest BCUT2D eigenvalue weighted by atomic mass is 16.2. The van der Waals surface area contributed by atoms with Crippen LogP contribution in [0.15, 0.2) is 60.2 Å². The monoisotopic (exact) mass is 495 g/mol. The first kappa shape index (κ1) is 23.1. The second kappa shape index (κ2) is 8.12. The number of carbonyl (C=O) groups is 1. The van der Waals surface area contributed by atoms with Crippen LogP contribution in [0.1, 0.15) is 50.4 Å². The van der Waals surface area contributed by atoms with Gasteiger partial charge in [0.25, 0.3) is 5.56 Å². The Morgan fingerprint density at radius 2 is 1.97 bits per heavy atom. The van der Waals surface area contributed by atoms with Gasteiger partial charge >= 0.3 is 0 Å². The summed E-state index contributed by atoms with van der Waals surface area (Å²) in [5.41, 5.74) is 4.54. The molecule has 188 valence electrons. The molecule has 0 radical (unpaired) electrons. The van der Waals surface area contributed by atoms with Crippen LogP contribution >= 0.6 is 0 Å². The normalized spacial score (nSPS) is 15.9. The molecule has 3 aromatic heterocycles. The lowest BCUT2D eigenvalue weighted by Gasteiger charge is -2.25. The Morgan fingerprint density at radius 3 is 2.70 bits per heavy atom. The van der Waals surface area contributed by atoms with E-state index in [0.29, 0.717) is 30.1 Å². The summed E-state index contributed by atoms with van der Waals surface area (Å²) >= 11 is 0. The zero-order chi connectivity index (χ0) is 25.9. The maximum atomic E-state index is 13.3. The van der Waals surface area contributed by atoms with E-state index in [1.165, 1.54) is 0 Å². The van der Waals surface area contributed by atoms with Gasteiger partial charge in [0.15, 0.2) is 5.65 Å². The Kier molecular flexibility index (Phi) is 5.08. The summed E-state index contributed by atoms with van der Waals surface area (Å²) in [5.74, 6) is 0.505. The van der Waals surface area contributed by atoms with E-state index in [1.807, 2.05) is 35.0 Å². The van der Waals surface area contributed by atoms with Crippen molar-refractivity contribution in [3.8, 4) is 5.69 Å². The molecule has 1 aliphatic heterocycles. The molecule has 1 aromatic carbocycles. The summed E-state index contributed by atoms with van der Waals surface area (Å²) in [4.78, 5) is 39.4. The third kappa shape index (κ3) is 3.73. The van der Waals surface area contributed by atoms with Gasteiger partial charge in [0.05, 0.1) is 17.6 Å². The number of anilines is 2. The van der Waals surface area contributed by atoms with Gasteiger partial charge in [-0.25, -0.2) is 14.3 Å². The maximum absolute atomic E-state index is 13.3. The molecule has 1 amide bonds. The molecule has 0 atom stereocenters. The van der Waals surface area contributed by atoms with Crippen molar-refractivity contribution < 1.29 is 4.79 Å². The third-order valence-corrected chi connectivity index (χ3v) is 7.24. The molecule has 4 aromatic rings. The van der Waals surface area contributed by atoms with Crippen LogP contribution in [0, 0.1) is 0 Å². The predicted molar refractivity (Wildman–Crippen MR) is 142 cm³/mol. The van der Waals surface area contributed by atoms with Gasteiger partial charge in [-0.2, -0.15) is 4.98 Å². The average Bonchev–Trinajstić information content (AvgIpc) is 3.62. The maximum Gasteiger partial charge on any atom is 0.278 e. The molecule has 37 heavy (non-hydrogen) atoms. The van der Waals surface area contributed by atoms with Gasteiger partial charge in [-0.05, 0) is 48.2 Å². The van der Waals surface area contributed by atoms with Crippen molar-refractivity contribution in [2.75, 3.05) is 5.32 Å². The molecule has 6 rings (SSSR count). The van der Waals surface area contributed by atoms with Crippen LogP contribution in [-0.4, -0.2) is 30.2 Å². The molecule has 1 spiro atoms. The molecule has 0 saturated heterocycles. The lowest BCUT2D eigenvalue weighted by molar-refractivity contribution is -0.124. The predicted octanol–water partition coefficient (Wildman–Crippen LogP) is 3.87. The summed E-state index contributed by atoms with van der Waals surface area (Å²) in [6.07, 6.45) is 6.79. The van der Waals surface area contributed by atoms with Crippen molar-refractivity contribution in [2.24, 2.45) is 0 Å². The summed E-state index contributed by atoms with van der Waals surface area (Å²) in [5, 5.41) is 6.73. The largest absolute Gasteiger partial charge is 0.351 e. The van der Waals surface area contributed by atoms with Crippen LogP contribution in [0.2, 0.25) is 0 Å². The van der Waals surface area contributed by atoms with E-state index < -0.39 is 0 Å². The number of nitrogens with zero attached hydrogens (tertiary/aromatic N) is 5. The average molecular weight is 496 g/mol. The number of amides is 1. The smallest absolute Gasteiger partial charge is 0.278 e. The first-order valence-corrected chi connectivity index (χ1v) is 12.5. The first-order valence-electron chi connectivity index (χ1n) is 12.5. The number of hydrogen-bond donors (Lipinski definition) is 2. The molecule has 1 aliphatic carbocycles. The van der Waals surface area contributed by atoms with Crippen molar-refractivity contribution in [1.82, 2.24) is 29.6 Å². The van der Waals surface area contributed by atoms with Crippen LogP contribution in [0.4, 0.5) is 11.6 Å². The molecular weight excluding hydrogens is 466 g/mol. The van der Waals surface area contributed by atoms with Crippen LogP contribution in [0.5, 0.6) is 0 Å². The standard InChI is InChI=1S/C28H29N7O2/c1-5-12-34-24(36)20-16-31-26(33-23(20)35(34)19-8-11-29-22(14-19)27(2,3)4)32-18-6-7-21-17(13-18)15-30-25(37)28(21)9-10-28/h5-8,11,13-14,16H,1,9-10,12,15H2,2-4H3,(H,30,37)(H,31,32,33). The van der Waals surface area contributed by atoms with Crippen molar-refractivity contribution in [1.29, 1.82) is 0 Å². The Morgan fingerprint density at radius 1 is 1.16 bits per heavy atom. The molecule has 0 bridgehead atoms. The van der Waals surface area contributed by atoms with Gasteiger partial charge < -0.3 is 10.6 Å². The van der Waals surface area contributed by atoms with Gasteiger partial charge in [0.2, 0.25) is 11.9 Å².